The maximum Gasteiger partial charge on any atom is 0.335 e. The monoisotopic (exact) mass is 314 g/mol. The summed E-state index contributed by atoms with van der Waals surface area (Å²) in [4.78, 5) is 34.1. The first-order valence-electron chi connectivity index (χ1n) is 6.30. The van der Waals surface area contributed by atoms with Gasteiger partial charge in [0.1, 0.15) is 0 Å². The van der Waals surface area contributed by atoms with E-state index in [0.717, 1.165) is 11.8 Å². The van der Waals surface area contributed by atoms with Gasteiger partial charge in [-0.2, -0.15) is 0 Å². The molecule has 0 radical (unpaired) electrons. The summed E-state index contributed by atoms with van der Waals surface area (Å²) >= 11 is 0.838. The number of hydrogen-bond acceptors (Lipinski definition) is 4. The average molecular weight is 314 g/mol. The van der Waals surface area contributed by atoms with E-state index in [2.05, 4.69) is 5.32 Å². The summed E-state index contributed by atoms with van der Waals surface area (Å²) in [5.41, 5.74) is 1.51. The van der Waals surface area contributed by atoms with Gasteiger partial charge < -0.3 is 9.67 Å². The van der Waals surface area contributed by atoms with Crippen molar-refractivity contribution in [3.8, 4) is 5.69 Å². The fourth-order valence-electron chi connectivity index (χ4n) is 2.09. The van der Waals surface area contributed by atoms with Gasteiger partial charge in [0.25, 0.3) is 11.1 Å². The van der Waals surface area contributed by atoms with E-state index in [1.165, 1.54) is 12.1 Å². The number of aromatic nitrogens is 1. The van der Waals surface area contributed by atoms with E-state index < -0.39 is 17.1 Å². The first-order chi connectivity index (χ1) is 10.5. The molecule has 2 amide bonds. The summed E-state index contributed by atoms with van der Waals surface area (Å²) in [7, 11) is 0. The Hall–Kier alpha value is -2.80. The molecule has 2 heterocycles. The molecule has 1 aliphatic rings. The molecule has 1 aliphatic heterocycles. The van der Waals surface area contributed by atoms with E-state index >= 15 is 0 Å². The molecule has 2 aromatic rings. The van der Waals surface area contributed by atoms with Crippen molar-refractivity contribution in [1.82, 2.24) is 9.88 Å². The topological polar surface area (TPSA) is 88.4 Å². The van der Waals surface area contributed by atoms with E-state index in [-0.39, 0.29) is 5.56 Å². The van der Waals surface area contributed by atoms with E-state index in [1.807, 2.05) is 0 Å². The Balaban J connectivity index is 2.01. The quantitative estimate of drug-likeness (QED) is 0.850. The van der Waals surface area contributed by atoms with Gasteiger partial charge in [0, 0.05) is 17.6 Å². The number of carbonyl (C=O) groups is 3. The van der Waals surface area contributed by atoms with Crippen LogP contribution in [0.5, 0.6) is 0 Å². The first-order valence-corrected chi connectivity index (χ1v) is 7.12. The van der Waals surface area contributed by atoms with Gasteiger partial charge in [-0.15, -0.1) is 0 Å². The number of aromatic carboxylic acids is 1. The van der Waals surface area contributed by atoms with Crippen LogP contribution in [-0.4, -0.2) is 26.8 Å². The summed E-state index contributed by atoms with van der Waals surface area (Å²) < 4.78 is 1.75. The first kappa shape index (κ1) is 14.2. The predicted octanol–water partition coefficient (Wildman–Crippen LogP) is 2.50. The molecule has 3 rings (SSSR count). The van der Waals surface area contributed by atoms with Gasteiger partial charge in [0.15, 0.2) is 0 Å². The van der Waals surface area contributed by atoms with Gasteiger partial charge in [0.05, 0.1) is 10.5 Å². The molecule has 0 atom stereocenters. The van der Waals surface area contributed by atoms with Crippen molar-refractivity contribution in [1.29, 1.82) is 0 Å². The van der Waals surface area contributed by atoms with Crippen molar-refractivity contribution >= 4 is 35.0 Å². The third-order valence-corrected chi connectivity index (χ3v) is 3.88. The van der Waals surface area contributed by atoms with Crippen LogP contribution in [0.2, 0.25) is 0 Å². The Bertz CT molecular complexity index is 822. The second-order valence-corrected chi connectivity index (χ2v) is 5.53. The van der Waals surface area contributed by atoms with E-state index in [9.17, 15) is 14.4 Å². The fraction of sp³-hybridized carbons (Fsp3) is 0. The van der Waals surface area contributed by atoms with E-state index in [4.69, 9.17) is 5.11 Å². The second-order valence-electron chi connectivity index (χ2n) is 4.51. The van der Waals surface area contributed by atoms with Crippen LogP contribution in [0.3, 0.4) is 0 Å². The Morgan fingerprint density at radius 2 is 2.05 bits per heavy atom. The normalized spacial score (nSPS) is 16.1. The molecule has 1 aromatic heterocycles. The standard InChI is InChI=1S/C15H10N2O4S/c18-13-12(22-15(21)16-13)8-11-5-2-6-17(11)10-4-1-3-9(7-10)14(19)20/h1-8H,(H,19,20)(H,16,18,21)/b12-8+. The number of nitrogens with zero attached hydrogens (tertiary/aromatic N) is 1. The van der Waals surface area contributed by atoms with Crippen LogP contribution >= 0.6 is 11.8 Å². The van der Waals surface area contributed by atoms with Crippen molar-refractivity contribution < 1.29 is 19.5 Å². The highest BCUT2D eigenvalue weighted by molar-refractivity contribution is 8.18. The van der Waals surface area contributed by atoms with Crippen LogP contribution in [0.1, 0.15) is 16.1 Å². The number of rotatable bonds is 3. The van der Waals surface area contributed by atoms with Crippen LogP contribution in [0.25, 0.3) is 11.8 Å². The minimum absolute atomic E-state index is 0.174. The van der Waals surface area contributed by atoms with Crippen LogP contribution < -0.4 is 5.32 Å². The Morgan fingerprint density at radius 3 is 2.73 bits per heavy atom. The molecule has 1 aromatic carbocycles. The third-order valence-electron chi connectivity index (χ3n) is 3.07. The van der Waals surface area contributed by atoms with Gasteiger partial charge in [-0.3, -0.25) is 14.9 Å². The molecule has 0 unspecified atom stereocenters. The number of carbonyl (C=O) groups excluding carboxylic acids is 2. The minimum atomic E-state index is -1.01. The van der Waals surface area contributed by atoms with Crippen molar-refractivity contribution in [3.05, 3.63) is 58.8 Å². The molecule has 0 saturated carbocycles. The Morgan fingerprint density at radius 1 is 1.23 bits per heavy atom. The summed E-state index contributed by atoms with van der Waals surface area (Å²) in [6.45, 7) is 0. The lowest BCUT2D eigenvalue weighted by Crippen LogP contribution is -2.17. The Kier molecular flexibility index (Phi) is 3.56. The summed E-state index contributed by atoms with van der Waals surface area (Å²) in [6.07, 6.45) is 3.35. The molecular weight excluding hydrogens is 304 g/mol. The van der Waals surface area contributed by atoms with Crippen molar-refractivity contribution in [2.75, 3.05) is 0 Å². The minimum Gasteiger partial charge on any atom is -0.478 e. The predicted molar refractivity (Wildman–Crippen MR) is 81.8 cm³/mol. The highest BCUT2D eigenvalue weighted by Crippen LogP contribution is 2.26. The van der Waals surface area contributed by atoms with Gasteiger partial charge in [-0.05, 0) is 48.2 Å². The van der Waals surface area contributed by atoms with Crippen LogP contribution in [-0.2, 0) is 4.79 Å². The number of nitrogens with one attached hydrogen (secondary N) is 1. The van der Waals surface area contributed by atoms with Crippen molar-refractivity contribution in [3.63, 3.8) is 0 Å². The zero-order valence-electron chi connectivity index (χ0n) is 11.1. The number of carboxylic acids is 1. The summed E-state index contributed by atoms with van der Waals surface area (Å²) in [5.74, 6) is -1.44. The zero-order valence-corrected chi connectivity index (χ0v) is 12.0. The van der Waals surface area contributed by atoms with Gasteiger partial charge in [-0.25, -0.2) is 4.79 Å². The highest BCUT2D eigenvalue weighted by Gasteiger charge is 2.25. The molecule has 110 valence electrons. The number of hydrogen-bond donors (Lipinski definition) is 2. The molecule has 0 aliphatic carbocycles. The number of imide groups is 1. The molecule has 1 fully saturated rings. The lowest BCUT2D eigenvalue weighted by atomic mass is 10.2. The average Bonchev–Trinajstić information content (AvgIpc) is 3.06. The molecule has 2 N–H and O–H groups in total. The van der Waals surface area contributed by atoms with Crippen LogP contribution in [0, 0.1) is 0 Å². The third kappa shape index (κ3) is 2.66. The number of benzene rings is 1. The highest BCUT2D eigenvalue weighted by atomic mass is 32.2. The van der Waals surface area contributed by atoms with Crippen LogP contribution in [0.4, 0.5) is 4.79 Å². The molecule has 7 heteroatoms. The van der Waals surface area contributed by atoms with Crippen molar-refractivity contribution in [2.45, 2.75) is 0 Å². The molecule has 0 bridgehead atoms. The van der Waals surface area contributed by atoms with E-state index in [0.29, 0.717) is 16.3 Å². The molecule has 1 saturated heterocycles. The molecule has 22 heavy (non-hydrogen) atoms. The summed E-state index contributed by atoms with van der Waals surface area (Å²) in [5, 5.41) is 10.8. The van der Waals surface area contributed by atoms with Gasteiger partial charge >= 0.3 is 5.97 Å². The second kappa shape index (κ2) is 5.53. The Labute approximate surface area is 129 Å². The fourth-order valence-corrected chi connectivity index (χ4v) is 2.76. The lowest BCUT2D eigenvalue weighted by molar-refractivity contribution is -0.115. The number of thioether (sulfide) groups is 1. The molecule has 6 nitrogen and oxygen atoms in total. The maximum atomic E-state index is 11.6. The SMILES string of the molecule is O=C1NC(=O)/C(=C\c2cccn2-c2cccc(C(=O)O)c2)S1. The largest absolute Gasteiger partial charge is 0.478 e. The number of amides is 2. The smallest absolute Gasteiger partial charge is 0.335 e. The lowest BCUT2D eigenvalue weighted by Gasteiger charge is -2.07. The van der Waals surface area contributed by atoms with Crippen molar-refractivity contribution in [2.24, 2.45) is 0 Å². The number of carboxylic acid groups (broad SMARTS) is 1. The van der Waals surface area contributed by atoms with Gasteiger partial charge in [-0.1, -0.05) is 6.07 Å². The zero-order chi connectivity index (χ0) is 15.7. The summed E-state index contributed by atoms with van der Waals surface area (Å²) in [6, 6.07) is 10.0. The van der Waals surface area contributed by atoms with Crippen LogP contribution in [0.15, 0.2) is 47.5 Å². The molecular formula is C15H10N2O4S. The maximum absolute atomic E-state index is 11.6. The molecule has 0 spiro atoms. The van der Waals surface area contributed by atoms with E-state index in [1.54, 1.807) is 41.1 Å². The van der Waals surface area contributed by atoms with Gasteiger partial charge in [0.2, 0.25) is 0 Å².